The first kappa shape index (κ1) is 11.1. The molecule has 2 aromatic heterocycles. The summed E-state index contributed by atoms with van der Waals surface area (Å²) in [7, 11) is 0. The molecule has 0 unspecified atom stereocenters. The van der Waals surface area contributed by atoms with Crippen LogP contribution in [0.2, 0.25) is 0 Å². The molecule has 7 nitrogen and oxygen atoms in total. The third-order valence-corrected chi connectivity index (χ3v) is 2.19. The van der Waals surface area contributed by atoms with Crippen molar-refractivity contribution in [2.75, 3.05) is 0 Å². The minimum atomic E-state index is -0.572. The van der Waals surface area contributed by atoms with Crippen molar-refractivity contribution in [3.05, 3.63) is 36.0 Å². The maximum Gasteiger partial charge on any atom is 0.251 e. The lowest BCUT2D eigenvalue weighted by Crippen LogP contribution is -2.17. The van der Waals surface area contributed by atoms with E-state index in [9.17, 15) is 4.79 Å². The summed E-state index contributed by atoms with van der Waals surface area (Å²) in [6.45, 7) is 0. The number of carbonyl (C=O) groups is 1. The third-order valence-electron chi connectivity index (χ3n) is 2.00. The highest BCUT2D eigenvalue weighted by Crippen LogP contribution is 2.08. The zero-order chi connectivity index (χ0) is 12.4. The number of aromatic nitrogens is 4. The Hall–Kier alpha value is -2.35. The van der Waals surface area contributed by atoms with Crippen LogP contribution in [0.4, 0.5) is 0 Å². The minimum absolute atomic E-state index is 0.101. The second-order valence-electron chi connectivity index (χ2n) is 3.13. The molecule has 2 rings (SSSR count). The number of hydrogen-bond acceptors (Lipinski definition) is 5. The molecule has 0 aliphatic heterocycles. The van der Waals surface area contributed by atoms with Gasteiger partial charge in [-0.1, -0.05) is 12.2 Å². The predicted molar refractivity (Wildman–Crippen MR) is 63.6 cm³/mol. The van der Waals surface area contributed by atoms with Gasteiger partial charge in [0.2, 0.25) is 0 Å². The molecule has 2 aromatic rings. The summed E-state index contributed by atoms with van der Waals surface area (Å²) in [5, 5.41) is 3.95. The summed E-state index contributed by atoms with van der Waals surface area (Å²) in [6.07, 6.45) is 5.72. The number of amides is 1. The topological polar surface area (TPSA) is 113 Å². The van der Waals surface area contributed by atoms with Gasteiger partial charge in [-0.3, -0.25) is 4.79 Å². The van der Waals surface area contributed by atoms with Crippen LogP contribution in [0.5, 0.6) is 0 Å². The lowest BCUT2D eigenvalue weighted by Gasteiger charge is -2.04. The van der Waals surface area contributed by atoms with Crippen molar-refractivity contribution in [1.29, 1.82) is 0 Å². The molecule has 8 heteroatoms. The lowest BCUT2D eigenvalue weighted by atomic mass is 10.3. The van der Waals surface area contributed by atoms with Gasteiger partial charge < -0.3 is 11.5 Å². The molecule has 4 N–H and O–H groups in total. The molecule has 0 spiro atoms. The van der Waals surface area contributed by atoms with Gasteiger partial charge in [-0.2, -0.15) is 5.10 Å². The lowest BCUT2D eigenvalue weighted by molar-refractivity contribution is 0.100. The monoisotopic (exact) mass is 248 g/mol. The van der Waals surface area contributed by atoms with Crippen LogP contribution < -0.4 is 11.5 Å². The Kier molecular flexibility index (Phi) is 2.79. The highest BCUT2D eigenvalue weighted by Gasteiger charge is 2.12. The van der Waals surface area contributed by atoms with Gasteiger partial charge in [-0.25, -0.2) is 14.6 Å². The van der Waals surface area contributed by atoms with Crippen LogP contribution in [0.1, 0.15) is 16.1 Å². The maximum absolute atomic E-state index is 10.9. The van der Waals surface area contributed by atoms with E-state index in [1.807, 2.05) is 0 Å². The van der Waals surface area contributed by atoms with Crippen LogP contribution in [0, 0.1) is 0 Å². The molecular formula is C9H8N6OS. The Morgan fingerprint density at radius 2 is 2.00 bits per heavy atom. The molecule has 0 atom stereocenters. The van der Waals surface area contributed by atoms with E-state index < -0.39 is 5.91 Å². The second-order valence-corrected chi connectivity index (χ2v) is 3.57. The SMILES string of the molecule is NC(=O)c1cnn(-c2nccnc2C(N)=S)c1. The number of nitrogens with two attached hydrogens (primary N) is 2. The van der Waals surface area contributed by atoms with E-state index in [1.165, 1.54) is 29.5 Å². The summed E-state index contributed by atoms with van der Waals surface area (Å²) in [6, 6.07) is 0. The number of nitrogens with zero attached hydrogens (tertiary/aromatic N) is 4. The highest BCUT2D eigenvalue weighted by molar-refractivity contribution is 7.80. The fourth-order valence-electron chi connectivity index (χ4n) is 1.24. The molecule has 0 fully saturated rings. The number of hydrogen-bond donors (Lipinski definition) is 2. The first-order chi connectivity index (χ1) is 8.09. The number of primary amides is 1. The molecule has 17 heavy (non-hydrogen) atoms. The van der Waals surface area contributed by atoms with Crippen molar-refractivity contribution in [2.24, 2.45) is 11.5 Å². The largest absolute Gasteiger partial charge is 0.388 e. The van der Waals surface area contributed by atoms with E-state index >= 15 is 0 Å². The fourth-order valence-corrected chi connectivity index (χ4v) is 1.38. The van der Waals surface area contributed by atoms with Gasteiger partial charge in [-0.15, -0.1) is 0 Å². The molecule has 0 saturated carbocycles. The van der Waals surface area contributed by atoms with Gasteiger partial charge in [0.25, 0.3) is 5.91 Å². The van der Waals surface area contributed by atoms with Crippen LogP contribution in [-0.2, 0) is 0 Å². The van der Waals surface area contributed by atoms with Crippen LogP contribution >= 0.6 is 12.2 Å². The highest BCUT2D eigenvalue weighted by atomic mass is 32.1. The molecule has 86 valence electrons. The Morgan fingerprint density at radius 3 is 2.59 bits per heavy atom. The molecule has 0 aliphatic carbocycles. The molecular weight excluding hydrogens is 240 g/mol. The van der Waals surface area contributed by atoms with E-state index in [0.29, 0.717) is 11.5 Å². The summed E-state index contributed by atoms with van der Waals surface area (Å²) in [5.74, 6) is -0.218. The van der Waals surface area contributed by atoms with Gasteiger partial charge in [0.05, 0.1) is 11.8 Å². The Bertz CT molecular complexity index is 593. The standard InChI is InChI=1S/C9H8N6OS/c10-7(16)5-3-14-15(4-5)9-6(8(11)17)12-1-2-13-9/h1-4H,(H2,10,16)(H2,11,17). The van der Waals surface area contributed by atoms with Crippen molar-refractivity contribution in [3.8, 4) is 5.82 Å². The van der Waals surface area contributed by atoms with Crippen molar-refractivity contribution >= 4 is 23.1 Å². The normalized spacial score (nSPS) is 10.1. The first-order valence-corrected chi connectivity index (χ1v) is 4.96. The fraction of sp³-hybridized carbons (Fsp3) is 0. The Labute approximate surface area is 101 Å². The molecule has 0 aromatic carbocycles. The predicted octanol–water partition coefficient (Wildman–Crippen LogP) is -0.605. The summed E-state index contributed by atoms with van der Waals surface area (Å²) >= 11 is 4.85. The average molecular weight is 248 g/mol. The molecule has 1 amide bonds. The second kappa shape index (κ2) is 4.26. The molecule has 0 aliphatic rings. The number of carbonyl (C=O) groups excluding carboxylic acids is 1. The zero-order valence-corrected chi connectivity index (χ0v) is 9.39. The van der Waals surface area contributed by atoms with Crippen molar-refractivity contribution in [1.82, 2.24) is 19.7 Å². The van der Waals surface area contributed by atoms with E-state index in [0.717, 1.165) is 0 Å². The molecule has 0 radical (unpaired) electrons. The van der Waals surface area contributed by atoms with Crippen LogP contribution in [-0.4, -0.2) is 30.6 Å². The summed E-state index contributed by atoms with van der Waals surface area (Å²) in [4.78, 5) is 19.1. The van der Waals surface area contributed by atoms with E-state index in [1.54, 1.807) is 0 Å². The van der Waals surface area contributed by atoms with Crippen molar-refractivity contribution < 1.29 is 4.79 Å². The smallest absolute Gasteiger partial charge is 0.251 e. The quantitative estimate of drug-likeness (QED) is 0.701. The summed E-state index contributed by atoms with van der Waals surface area (Å²) in [5.41, 5.74) is 11.2. The van der Waals surface area contributed by atoms with Crippen molar-refractivity contribution in [2.45, 2.75) is 0 Å². The Balaban J connectivity index is 2.52. The van der Waals surface area contributed by atoms with Gasteiger partial charge in [-0.05, 0) is 0 Å². The molecule has 0 saturated heterocycles. The van der Waals surface area contributed by atoms with Gasteiger partial charge in [0.15, 0.2) is 5.82 Å². The van der Waals surface area contributed by atoms with E-state index in [4.69, 9.17) is 23.7 Å². The number of thiocarbonyl (C=S) groups is 1. The van der Waals surface area contributed by atoms with Gasteiger partial charge in [0.1, 0.15) is 10.7 Å². The first-order valence-electron chi connectivity index (χ1n) is 4.55. The number of rotatable bonds is 3. The Morgan fingerprint density at radius 1 is 1.29 bits per heavy atom. The minimum Gasteiger partial charge on any atom is -0.388 e. The van der Waals surface area contributed by atoms with Crippen LogP contribution in [0.15, 0.2) is 24.8 Å². The molecule has 2 heterocycles. The van der Waals surface area contributed by atoms with Crippen LogP contribution in [0.25, 0.3) is 5.82 Å². The van der Waals surface area contributed by atoms with E-state index in [-0.39, 0.29) is 10.6 Å². The van der Waals surface area contributed by atoms with Crippen molar-refractivity contribution in [3.63, 3.8) is 0 Å². The maximum atomic E-state index is 10.9. The summed E-state index contributed by atoms with van der Waals surface area (Å²) < 4.78 is 1.35. The van der Waals surface area contributed by atoms with Crippen LogP contribution in [0.3, 0.4) is 0 Å². The van der Waals surface area contributed by atoms with Gasteiger partial charge >= 0.3 is 0 Å². The van der Waals surface area contributed by atoms with Gasteiger partial charge in [0, 0.05) is 18.6 Å². The molecule has 0 bridgehead atoms. The van der Waals surface area contributed by atoms with E-state index in [2.05, 4.69) is 15.1 Å². The average Bonchev–Trinajstić information content (AvgIpc) is 2.78. The third kappa shape index (κ3) is 2.11. The zero-order valence-electron chi connectivity index (χ0n) is 8.57.